The van der Waals surface area contributed by atoms with Gasteiger partial charge >= 0.3 is 0 Å². The fraction of sp³-hybridized carbons (Fsp3) is 0.118. The van der Waals surface area contributed by atoms with Gasteiger partial charge in [0.1, 0.15) is 17.2 Å². The second kappa shape index (κ2) is 7.14. The van der Waals surface area contributed by atoms with Gasteiger partial charge in [-0.3, -0.25) is 4.79 Å². The van der Waals surface area contributed by atoms with Crippen molar-refractivity contribution in [3.8, 4) is 17.2 Å². The molecule has 0 spiro atoms. The molecule has 0 aliphatic carbocycles. The van der Waals surface area contributed by atoms with Gasteiger partial charge in [0, 0.05) is 12.1 Å². The number of methoxy groups -OCH3 is 1. The van der Waals surface area contributed by atoms with Gasteiger partial charge < -0.3 is 14.8 Å². The van der Waals surface area contributed by atoms with Gasteiger partial charge in [0.25, 0.3) is 5.91 Å². The molecule has 0 fully saturated rings. The van der Waals surface area contributed by atoms with Crippen LogP contribution in [0, 0.1) is 0 Å². The van der Waals surface area contributed by atoms with Crippen molar-refractivity contribution in [2.75, 3.05) is 13.7 Å². The minimum absolute atomic E-state index is 0.133. The summed E-state index contributed by atoms with van der Waals surface area (Å²) in [5.41, 5.74) is 0.582. The summed E-state index contributed by atoms with van der Waals surface area (Å²) in [6, 6.07) is 14.3. The molecule has 0 saturated carbocycles. The highest BCUT2D eigenvalue weighted by atomic mass is 16.5. The van der Waals surface area contributed by atoms with Crippen LogP contribution in [0.25, 0.3) is 0 Å². The van der Waals surface area contributed by atoms with Crippen molar-refractivity contribution in [1.82, 2.24) is 5.32 Å². The highest BCUT2D eigenvalue weighted by Crippen LogP contribution is 2.23. The molecule has 0 aliphatic heterocycles. The third-order valence-electron chi connectivity index (χ3n) is 2.82. The molecule has 1 amide bonds. The first kappa shape index (κ1) is 14.7. The first-order valence-electron chi connectivity index (χ1n) is 6.54. The summed E-state index contributed by atoms with van der Waals surface area (Å²) in [7, 11) is 1.62. The van der Waals surface area contributed by atoms with E-state index in [0.29, 0.717) is 23.6 Å². The largest absolute Gasteiger partial charge is 0.497 e. The first-order valence-corrected chi connectivity index (χ1v) is 6.54. The summed E-state index contributed by atoms with van der Waals surface area (Å²) >= 11 is 0. The Morgan fingerprint density at radius 2 is 1.57 bits per heavy atom. The third-order valence-corrected chi connectivity index (χ3v) is 2.82. The van der Waals surface area contributed by atoms with Crippen LogP contribution >= 0.6 is 0 Å². The molecule has 0 aliphatic rings. The molecule has 0 atom stereocenters. The van der Waals surface area contributed by atoms with E-state index in [9.17, 15) is 4.79 Å². The second-order valence-corrected chi connectivity index (χ2v) is 4.30. The Bertz CT molecular complexity index is 603. The van der Waals surface area contributed by atoms with Gasteiger partial charge in [-0.05, 0) is 48.5 Å². The van der Waals surface area contributed by atoms with Crippen molar-refractivity contribution >= 4 is 5.91 Å². The number of carbonyl (C=O) groups excluding carboxylic acids is 1. The Kier molecular flexibility index (Phi) is 4.99. The molecule has 1 N–H and O–H groups in total. The summed E-state index contributed by atoms with van der Waals surface area (Å²) in [6.45, 7) is 4.00. The molecule has 0 aromatic heterocycles. The average Bonchev–Trinajstić information content (AvgIpc) is 2.54. The predicted molar refractivity (Wildman–Crippen MR) is 82.0 cm³/mol. The van der Waals surface area contributed by atoms with E-state index >= 15 is 0 Å². The number of rotatable bonds is 6. The molecule has 21 heavy (non-hydrogen) atoms. The summed E-state index contributed by atoms with van der Waals surface area (Å²) in [6.07, 6.45) is 1.64. The van der Waals surface area contributed by atoms with E-state index in [4.69, 9.17) is 9.47 Å². The Hall–Kier alpha value is -2.75. The molecule has 108 valence electrons. The Morgan fingerprint density at radius 3 is 2.10 bits per heavy atom. The Morgan fingerprint density at radius 1 is 1.05 bits per heavy atom. The van der Waals surface area contributed by atoms with Crippen LogP contribution in [0.1, 0.15) is 10.4 Å². The highest BCUT2D eigenvalue weighted by molar-refractivity contribution is 5.94. The highest BCUT2D eigenvalue weighted by Gasteiger charge is 2.04. The number of benzene rings is 2. The van der Waals surface area contributed by atoms with Crippen LogP contribution in [-0.4, -0.2) is 19.6 Å². The standard InChI is InChI=1S/C17H17NO3/c1-3-12-18-17(19)13-4-6-15(7-5-13)21-16-10-8-14(20-2)9-11-16/h3-11H,1,12H2,2H3,(H,18,19). The minimum Gasteiger partial charge on any atom is -0.497 e. The maximum atomic E-state index is 11.7. The molecule has 0 unspecified atom stereocenters. The number of carbonyl (C=O) groups is 1. The normalized spacial score (nSPS) is 9.76. The molecule has 0 radical (unpaired) electrons. The van der Waals surface area contributed by atoms with Crippen LogP contribution in [0.15, 0.2) is 61.2 Å². The zero-order chi connectivity index (χ0) is 15.1. The molecule has 4 nitrogen and oxygen atoms in total. The quantitative estimate of drug-likeness (QED) is 0.826. The SMILES string of the molecule is C=CCNC(=O)c1ccc(Oc2ccc(OC)cc2)cc1. The predicted octanol–water partition coefficient (Wildman–Crippen LogP) is 3.40. The van der Waals surface area contributed by atoms with E-state index in [1.807, 2.05) is 24.3 Å². The van der Waals surface area contributed by atoms with Gasteiger partial charge in [-0.15, -0.1) is 6.58 Å². The lowest BCUT2D eigenvalue weighted by atomic mass is 10.2. The van der Waals surface area contributed by atoms with E-state index < -0.39 is 0 Å². The van der Waals surface area contributed by atoms with Crippen LogP contribution in [0.2, 0.25) is 0 Å². The first-order chi connectivity index (χ1) is 10.2. The van der Waals surface area contributed by atoms with Crippen molar-refractivity contribution in [2.24, 2.45) is 0 Å². The Balaban J connectivity index is 2.01. The van der Waals surface area contributed by atoms with Gasteiger partial charge in [-0.25, -0.2) is 0 Å². The summed E-state index contributed by atoms with van der Waals surface area (Å²) < 4.78 is 10.8. The van der Waals surface area contributed by atoms with Crippen LogP contribution in [0.3, 0.4) is 0 Å². The van der Waals surface area contributed by atoms with E-state index in [0.717, 1.165) is 5.75 Å². The molecule has 2 rings (SSSR count). The smallest absolute Gasteiger partial charge is 0.251 e. The zero-order valence-corrected chi connectivity index (χ0v) is 11.8. The Labute approximate surface area is 124 Å². The molecular weight excluding hydrogens is 266 g/mol. The molecule has 0 heterocycles. The number of hydrogen-bond acceptors (Lipinski definition) is 3. The fourth-order valence-electron chi connectivity index (χ4n) is 1.72. The third kappa shape index (κ3) is 4.11. The number of nitrogens with one attached hydrogen (secondary N) is 1. The van der Waals surface area contributed by atoms with Crippen molar-refractivity contribution in [2.45, 2.75) is 0 Å². The molecule has 2 aromatic carbocycles. The van der Waals surface area contributed by atoms with Crippen LogP contribution in [-0.2, 0) is 0 Å². The van der Waals surface area contributed by atoms with Crippen molar-refractivity contribution in [3.63, 3.8) is 0 Å². The number of ether oxygens (including phenoxy) is 2. The monoisotopic (exact) mass is 283 g/mol. The van der Waals surface area contributed by atoms with Crippen molar-refractivity contribution < 1.29 is 14.3 Å². The van der Waals surface area contributed by atoms with Crippen LogP contribution in [0.4, 0.5) is 0 Å². The number of amides is 1. The zero-order valence-electron chi connectivity index (χ0n) is 11.8. The molecule has 0 saturated heterocycles. The fourth-order valence-corrected chi connectivity index (χ4v) is 1.72. The summed E-state index contributed by atoms with van der Waals surface area (Å²) in [4.78, 5) is 11.7. The van der Waals surface area contributed by atoms with E-state index in [1.165, 1.54) is 0 Å². The average molecular weight is 283 g/mol. The van der Waals surface area contributed by atoms with Crippen LogP contribution < -0.4 is 14.8 Å². The van der Waals surface area contributed by atoms with Crippen molar-refractivity contribution in [1.29, 1.82) is 0 Å². The van der Waals surface area contributed by atoms with E-state index in [1.54, 1.807) is 37.5 Å². The van der Waals surface area contributed by atoms with Crippen molar-refractivity contribution in [3.05, 3.63) is 66.7 Å². The molecular formula is C17H17NO3. The van der Waals surface area contributed by atoms with Gasteiger partial charge in [-0.2, -0.15) is 0 Å². The molecule has 4 heteroatoms. The molecule has 2 aromatic rings. The minimum atomic E-state index is -0.133. The summed E-state index contributed by atoms with van der Waals surface area (Å²) in [5, 5.41) is 2.72. The summed E-state index contributed by atoms with van der Waals surface area (Å²) in [5.74, 6) is 2.02. The lowest BCUT2D eigenvalue weighted by molar-refractivity contribution is 0.0958. The second-order valence-electron chi connectivity index (χ2n) is 4.30. The van der Waals surface area contributed by atoms with Gasteiger partial charge in [0.2, 0.25) is 0 Å². The molecule has 0 bridgehead atoms. The maximum Gasteiger partial charge on any atom is 0.251 e. The van der Waals surface area contributed by atoms with Crippen LogP contribution in [0.5, 0.6) is 17.2 Å². The van der Waals surface area contributed by atoms with E-state index in [2.05, 4.69) is 11.9 Å². The van der Waals surface area contributed by atoms with Gasteiger partial charge in [-0.1, -0.05) is 6.08 Å². The number of hydrogen-bond donors (Lipinski definition) is 1. The lowest BCUT2D eigenvalue weighted by Gasteiger charge is -2.07. The van der Waals surface area contributed by atoms with Gasteiger partial charge in [0.05, 0.1) is 7.11 Å². The van der Waals surface area contributed by atoms with E-state index in [-0.39, 0.29) is 5.91 Å². The topological polar surface area (TPSA) is 47.6 Å². The maximum absolute atomic E-state index is 11.7. The van der Waals surface area contributed by atoms with Gasteiger partial charge in [0.15, 0.2) is 0 Å². The lowest BCUT2D eigenvalue weighted by Crippen LogP contribution is -2.22.